The number of hydrogen-bond donors (Lipinski definition) is 1. The van der Waals surface area contributed by atoms with Gasteiger partial charge in [0.05, 0.1) is 0 Å². The Bertz CT molecular complexity index is 368. The molecule has 2 nitrogen and oxygen atoms in total. The highest BCUT2D eigenvalue weighted by Crippen LogP contribution is 2.15. The van der Waals surface area contributed by atoms with Crippen LogP contribution in [-0.2, 0) is 6.54 Å². The Kier molecular flexibility index (Phi) is 8.99. The summed E-state index contributed by atoms with van der Waals surface area (Å²) in [4.78, 5) is 0. The number of nitrogens with one attached hydrogen (secondary N) is 1. The number of alkyl halides is 2. The fraction of sp³-hybridized carbons (Fsp3) is 0.647. The molecular formula is C17H27F2NO. The van der Waals surface area contributed by atoms with Crippen molar-refractivity contribution in [1.29, 1.82) is 0 Å². The van der Waals surface area contributed by atoms with Gasteiger partial charge in [-0.05, 0) is 31.0 Å². The third-order valence-corrected chi connectivity index (χ3v) is 3.54. The first-order chi connectivity index (χ1) is 10.1. The van der Waals surface area contributed by atoms with E-state index >= 15 is 0 Å². The van der Waals surface area contributed by atoms with Crippen molar-refractivity contribution < 1.29 is 13.5 Å². The smallest absolute Gasteiger partial charge is 0.387 e. The molecule has 0 bridgehead atoms. The van der Waals surface area contributed by atoms with Crippen LogP contribution < -0.4 is 10.1 Å². The molecule has 0 aliphatic carbocycles. The van der Waals surface area contributed by atoms with Gasteiger partial charge in [0, 0.05) is 12.6 Å². The highest BCUT2D eigenvalue weighted by Gasteiger charge is 2.05. The summed E-state index contributed by atoms with van der Waals surface area (Å²) in [6, 6.07) is 7.28. The molecule has 1 unspecified atom stereocenters. The maximum Gasteiger partial charge on any atom is 0.387 e. The Morgan fingerprint density at radius 3 is 2.33 bits per heavy atom. The fourth-order valence-corrected chi connectivity index (χ4v) is 2.24. The Balaban J connectivity index is 2.18. The van der Waals surface area contributed by atoms with Crippen molar-refractivity contribution in [3.63, 3.8) is 0 Å². The molecule has 1 rings (SSSR count). The van der Waals surface area contributed by atoms with Crippen LogP contribution in [0.25, 0.3) is 0 Å². The highest BCUT2D eigenvalue weighted by molar-refractivity contribution is 5.27. The summed E-state index contributed by atoms with van der Waals surface area (Å²) in [5.74, 6) is 0.206. The van der Waals surface area contributed by atoms with E-state index in [1.807, 2.05) is 12.1 Å². The second kappa shape index (κ2) is 10.6. The van der Waals surface area contributed by atoms with E-state index in [1.165, 1.54) is 38.5 Å². The zero-order valence-corrected chi connectivity index (χ0v) is 13.1. The van der Waals surface area contributed by atoms with Crippen LogP contribution in [0, 0.1) is 0 Å². The van der Waals surface area contributed by atoms with Gasteiger partial charge in [0.25, 0.3) is 0 Å². The lowest BCUT2D eigenvalue weighted by molar-refractivity contribution is -0.0498. The Morgan fingerprint density at radius 2 is 1.71 bits per heavy atom. The molecule has 1 aromatic carbocycles. The SMILES string of the molecule is CCCCCCCC(C)NCc1ccc(OC(F)F)cc1. The lowest BCUT2D eigenvalue weighted by Gasteiger charge is -2.14. The molecule has 120 valence electrons. The van der Waals surface area contributed by atoms with Gasteiger partial charge in [0.15, 0.2) is 0 Å². The summed E-state index contributed by atoms with van der Waals surface area (Å²) >= 11 is 0. The molecule has 0 heterocycles. The van der Waals surface area contributed by atoms with E-state index in [4.69, 9.17) is 0 Å². The van der Waals surface area contributed by atoms with E-state index in [1.54, 1.807) is 12.1 Å². The second-order valence-corrected chi connectivity index (χ2v) is 5.51. The average molecular weight is 299 g/mol. The van der Waals surface area contributed by atoms with Crippen LogP contribution in [0.2, 0.25) is 0 Å². The van der Waals surface area contributed by atoms with Gasteiger partial charge in [0.2, 0.25) is 0 Å². The zero-order chi connectivity index (χ0) is 15.5. The monoisotopic (exact) mass is 299 g/mol. The first-order valence-electron chi connectivity index (χ1n) is 7.89. The summed E-state index contributed by atoms with van der Waals surface area (Å²) in [6.45, 7) is 2.41. The number of benzene rings is 1. The molecule has 0 spiro atoms. The minimum Gasteiger partial charge on any atom is -0.435 e. The first-order valence-corrected chi connectivity index (χ1v) is 7.89. The second-order valence-electron chi connectivity index (χ2n) is 5.51. The summed E-state index contributed by atoms with van der Waals surface area (Å²) in [7, 11) is 0. The molecular weight excluding hydrogens is 272 g/mol. The van der Waals surface area contributed by atoms with Crippen LogP contribution in [0.3, 0.4) is 0 Å². The van der Waals surface area contributed by atoms with Gasteiger partial charge in [0.1, 0.15) is 5.75 Å². The van der Waals surface area contributed by atoms with Gasteiger partial charge in [-0.2, -0.15) is 8.78 Å². The Labute approximate surface area is 126 Å². The number of halogens is 2. The quantitative estimate of drug-likeness (QED) is 0.572. The minimum absolute atomic E-state index is 0.206. The summed E-state index contributed by atoms with van der Waals surface area (Å²) in [5.41, 5.74) is 1.08. The molecule has 0 amide bonds. The molecule has 1 aromatic rings. The van der Waals surface area contributed by atoms with Crippen molar-refractivity contribution in [2.75, 3.05) is 0 Å². The van der Waals surface area contributed by atoms with Crippen molar-refractivity contribution in [2.24, 2.45) is 0 Å². The van der Waals surface area contributed by atoms with E-state index in [2.05, 4.69) is 23.9 Å². The molecule has 21 heavy (non-hydrogen) atoms. The molecule has 4 heteroatoms. The van der Waals surface area contributed by atoms with E-state index in [0.717, 1.165) is 12.1 Å². The lowest BCUT2D eigenvalue weighted by atomic mass is 10.1. The van der Waals surface area contributed by atoms with Crippen molar-refractivity contribution in [1.82, 2.24) is 5.32 Å². The van der Waals surface area contributed by atoms with Gasteiger partial charge in [-0.25, -0.2) is 0 Å². The standard InChI is InChI=1S/C17H27F2NO/c1-3-4-5-6-7-8-14(2)20-13-15-9-11-16(12-10-15)21-17(18)19/h9-12,14,17,20H,3-8,13H2,1-2H3. The topological polar surface area (TPSA) is 21.3 Å². The number of ether oxygens (including phenoxy) is 1. The van der Waals surface area contributed by atoms with Crippen LogP contribution in [0.1, 0.15) is 57.9 Å². The fourth-order valence-electron chi connectivity index (χ4n) is 2.24. The third kappa shape index (κ3) is 8.66. The summed E-state index contributed by atoms with van der Waals surface area (Å²) in [5, 5.41) is 3.46. The molecule has 0 aromatic heterocycles. The lowest BCUT2D eigenvalue weighted by Crippen LogP contribution is -2.25. The molecule has 0 saturated heterocycles. The molecule has 1 atom stereocenters. The van der Waals surface area contributed by atoms with Crippen molar-refractivity contribution in [3.05, 3.63) is 29.8 Å². The van der Waals surface area contributed by atoms with Gasteiger partial charge in [-0.3, -0.25) is 0 Å². The maximum absolute atomic E-state index is 12.0. The van der Waals surface area contributed by atoms with Gasteiger partial charge < -0.3 is 10.1 Å². The van der Waals surface area contributed by atoms with Gasteiger partial charge >= 0.3 is 6.61 Å². The normalized spacial score (nSPS) is 12.6. The molecule has 0 aliphatic heterocycles. The molecule has 0 fully saturated rings. The Hall–Kier alpha value is -1.16. The van der Waals surface area contributed by atoms with Gasteiger partial charge in [-0.15, -0.1) is 0 Å². The predicted octanol–water partition coefficient (Wildman–Crippen LogP) is 5.13. The minimum atomic E-state index is -2.76. The van der Waals surface area contributed by atoms with E-state index in [-0.39, 0.29) is 5.75 Å². The van der Waals surface area contributed by atoms with Crippen LogP contribution in [0.4, 0.5) is 8.78 Å². The number of unbranched alkanes of at least 4 members (excludes halogenated alkanes) is 4. The molecule has 0 aliphatic rings. The van der Waals surface area contributed by atoms with Crippen LogP contribution in [-0.4, -0.2) is 12.7 Å². The van der Waals surface area contributed by atoms with Gasteiger partial charge in [-0.1, -0.05) is 51.2 Å². The molecule has 1 N–H and O–H groups in total. The van der Waals surface area contributed by atoms with Crippen LogP contribution in [0.5, 0.6) is 5.75 Å². The largest absolute Gasteiger partial charge is 0.435 e. The van der Waals surface area contributed by atoms with Crippen molar-refractivity contribution in [3.8, 4) is 5.75 Å². The first kappa shape index (κ1) is 17.9. The van der Waals surface area contributed by atoms with E-state index < -0.39 is 6.61 Å². The molecule has 0 saturated carbocycles. The highest BCUT2D eigenvalue weighted by atomic mass is 19.3. The summed E-state index contributed by atoms with van der Waals surface area (Å²) in [6.07, 6.45) is 7.67. The van der Waals surface area contributed by atoms with Crippen LogP contribution >= 0.6 is 0 Å². The van der Waals surface area contributed by atoms with Crippen molar-refractivity contribution in [2.45, 2.75) is 71.6 Å². The van der Waals surface area contributed by atoms with Crippen LogP contribution in [0.15, 0.2) is 24.3 Å². The van der Waals surface area contributed by atoms with E-state index in [0.29, 0.717) is 6.04 Å². The Morgan fingerprint density at radius 1 is 1.05 bits per heavy atom. The van der Waals surface area contributed by atoms with Crippen molar-refractivity contribution >= 4 is 0 Å². The third-order valence-electron chi connectivity index (χ3n) is 3.54. The number of rotatable bonds is 11. The van der Waals surface area contributed by atoms with E-state index in [9.17, 15) is 8.78 Å². The average Bonchev–Trinajstić information content (AvgIpc) is 2.46. The molecule has 0 radical (unpaired) electrons. The predicted molar refractivity (Wildman–Crippen MR) is 82.8 cm³/mol. The zero-order valence-electron chi connectivity index (χ0n) is 13.1. The number of hydrogen-bond acceptors (Lipinski definition) is 2. The summed E-state index contributed by atoms with van der Waals surface area (Å²) < 4.78 is 28.4. The maximum atomic E-state index is 12.0.